The molecule has 3 aliphatic rings. The molecule has 22 heavy (non-hydrogen) atoms. The van der Waals surface area contributed by atoms with Crippen molar-refractivity contribution in [2.45, 2.75) is 83.4 Å². The Bertz CT molecular complexity index is 385. The lowest BCUT2D eigenvalue weighted by molar-refractivity contribution is -0.153. The van der Waals surface area contributed by atoms with E-state index in [1.54, 1.807) is 6.92 Å². The van der Waals surface area contributed by atoms with Gasteiger partial charge in [0.25, 0.3) is 0 Å². The number of rotatable bonds is 4. The van der Waals surface area contributed by atoms with Gasteiger partial charge in [0.2, 0.25) is 5.91 Å². The van der Waals surface area contributed by atoms with Crippen LogP contribution in [0.4, 0.5) is 0 Å². The maximum Gasteiger partial charge on any atom is 0.219 e. The molecule has 4 heteroatoms. The second kappa shape index (κ2) is 6.88. The van der Waals surface area contributed by atoms with E-state index in [-0.39, 0.29) is 5.91 Å². The SMILES string of the molecule is CCOC1CC(NC2CCN(C(C)=O)CC2)C12CCCCC2. The largest absolute Gasteiger partial charge is 0.378 e. The lowest BCUT2D eigenvalue weighted by atomic mass is 9.55. The minimum atomic E-state index is 0.224. The summed E-state index contributed by atoms with van der Waals surface area (Å²) in [6.45, 7) is 6.48. The van der Waals surface area contributed by atoms with Crippen LogP contribution in [0.25, 0.3) is 0 Å². The molecule has 0 aromatic heterocycles. The summed E-state index contributed by atoms with van der Waals surface area (Å²) in [6.07, 6.45) is 10.7. The minimum Gasteiger partial charge on any atom is -0.378 e. The third-order valence-electron chi connectivity index (χ3n) is 6.31. The Hall–Kier alpha value is -0.610. The number of nitrogens with one attached hydrogen (secondary N) is 1. The fourth-order valence-corrected chi connectivity index (χ4v) is 4.94. The Morgan fingerprint density at radius 3 is 2.50 bits per heavy atom. The molecule has 2 unspecified atom stereocenters. The van der Waals surface area contributed by atoms with Gasteiger partial charge in [-0.25, -0.2) is 0 Å². The summed E-state index contributed by atoms with van der Waals surface area (Å²) in [7, 11) is 0. The predicted octanol–water partition coefficient (Wildman–Crippen LogP) is 2.71. The van der Waals surface area contributed by atoms with Gasteiger partial charge < -0.3 is 15.0 Å². The molecule has 0 aromatic rings. The van der Waals surface area contributed by atoms with E-state index in [4.69, 9.17) is 4.74 Å². The maximum absolute atomic E-state index is 11.4. The van der Waals surface area contributed by atoms with E-state index in [0.717, 1.165) is 32.5 Å². The van der Waals surface area contributed by atoms with E-state index < -0.39 is 0 Å². The highest BCUT2D eigenvalue weighted by atomic mass is 16.5. The van der Waals surface area contributed by atoms with Crippen molar-refractivity contribution in [1.82, 2.24) is 10.2 Å². The molecule has 2 atom stereocenters. The Balaban J connectivity index is 1.55. The Morgan fingerprint density at radius 1 is 1.23 bits per heavy atom. The van der Waals surface area contributed by atoms with E-state index in [9.17, 15) is 4.79 Å². The van der Waals surface area contributed by atoms with Gasteiger partial charge in [-0.3, -0.25) is 4.79 Å². The highest BCUT2D eigenvalue weighted by molar-refractivity contribution is 5.73. The summed E-state index contributed by atoms with van der Waals surface area (Å²) in [6, 6.07) is 1.22. The van der Waals surface area contributed by atoms with Gasteiger partial charge in [0, 0.05) is 44.1 Å². The lowest BCUT2D eigenvalue weighted by Crippen LogP contribution is -2.66. The van der Waals surface area contributed by atoms with Crippen molar-refractivity contribution in [1.29, 1.82) is 0 Å². The fraction of sp³-hybridized carbons (Fsp3) is 0.944. The number of hydrogen-bond donors (Lipinski definition) is 1. The second-order valence-corrected chi connectivity index (χ2v) is 7.47. The molecule has 1 amide bonds. The Morgan fingerprint density at radius 2 is 1.91 bits per heavy atom. The molecule has 2 saturated carbocycles. The number of piperidine rings is 1. The molecular formula is C18H32N2O2. The predicted molar refractivity (Wildman–Crippen MR) is 87.7 cm³/mol. The zero-order valence-electron chi connectivity index (χ0n) is 14.3. The quantitative estimate of drug-likeness (QED) is 0.868. The zero-order chi connectivity index (χ0) is 15.6. The van der Waals surface area contributed by atoms with E-state index in [1.807, 2.05) is 4.90 Å². The zero-order valence-corrected chi connectivity index (χ0v) is 14.3. The van der Waals surface area contributed by atoms with Crippen molar-refractivity contribution in [3.05, 3.63) is 0 Å². The molecule has 1 N–H and O–H groups in total. The molecule has 1 heterocycles. The molecule has 0 aromatic carbocycles. The van der Waals surface area contributed by atoms with Crippen LogP contribution in [0.2, 0.25) is 0 Å². The van der Waals surface area contributed by atoms with Crippen molar-refractivity contribution in [3.8, 4) is 0 Å². The number of hydrogen-bond acceptors (Lipinski definition) is 3. The first-order chi connectivity index (χ1) is 10.7. The number of likely N-dealkylation sites (tertiary alicyclic amines) is 1. The topological polar surface area (TPSA) is 41.6 Å². The molecule has 0 bridgehead atoms. The smallest absolute Gasteiger partial charge is 0.219 e. The van der Waals surface area contributed by atoms with Crippen molar-refractivity contribution in [2.75, 3.05) is 19.7 Å². The van der Waals surface area contributed by atoms with Crippen LogP contribution in [0.1, 0.15) is 65.2 Å². The first kappa shape index (κ1) is 16.3. The highest BCUT2D eigenvalue weighted by Crippen LogP contribution is 2.53. The number of ether oxygens (including phenoxy) is 1. The molecular weight excluding hydrogens is 276 g/mol. The molecule has 4 nitrogen and oxygen atoms in total. The normalized spacial score (nSPS) is 32.0. The third-order valence-corrected chi connectivity index (χ3v) is 6.31. The summed E-state index contributed by atoms with van der Waals surface area (Å²) in [5.41, 5.74) is 0.409. The van der Waals surface area contributed by atoms with Crippen molar-refractivity contribution in [3.63, 3.8) is 0 Å². The van der Waals surface area contributed by atoms with E-state index >= 15 is 0 Å². The van der Waals surface area contributed by atoms with E-state index in [1.165, 1.54) is 38.5 Å². The van der Waals surface area contributed by atoms with Crippen LogP contribution >= 0.6 is 0 Å². The molecule has 126 valence electrons. The molecule has 3 fully saturated rings. The van der Waals surface area contributed by atoms with Crippen LogP contribution in [-0.2, 0) is 9.53 Å². The van der Waals surface area contributed by atoms with Gasteiger partial charge in [-0.15, -0.1) is 0 Å². The van der Waals surface area contributed by atoms with Crippen LogP contribution < -0.4 is 5.32 Å². The molecule has 0 radical (unpaired) electrons. The molecule has 1 saturated heterocycles. The number of nitrogens with zero attached hydrogens (tertiary/aromatic N) is 1. The minimum absolute atomic E-state index is 0.224. The summed E-state index contributed by atoms with van der Waals surface area (Å²) in [5.74, 6) is 0.224. The number of amides is 1. The van der Waals surface area contributed by atoms with Gasteiger partial charge in [0.1, 0.15) is 0 Å². The first-order valence-corrected chi connectivity index (χ1v) is 9.29. The van der Waals surface area contributed by atoms with Crippen molar-refractivity contribution in [2.24, 2.45) is 5.41 Å². The number of carbonyl (C=O) groups is 1. The van der Waals surface area contributed by atoms with Crippen LogP contribution in [0.5, 0.6) is 0 Å². The second-order valence-electron chi connectivity index (χ2n) is 7.47. The summed E-state index contributed by atoms with van der Waals surface area (Å²) >= 11 is 0. The first-order valence-electron chi connectivity index (χ1n) is 9.29. The van der Waals surface area contributed by atoms with Crippen LogP contribution in [0, 0.1) is 5.41 Å². The van der Waals surface area contributed by atoms with Crippen molar-refractivity contribution >= 4 is 5.91 Å². The van der Waals surface area contributed by atoms with Crippen LogP contribution in [0.15, 0.2) is 0 Å². The van der Waals surface area contributed by atoms with Crippen LogP contribution in [0.3, 0.4) is 0 Å². The van der Waals surface area contributed by atoms with Crippen molar-refractivity contribution < 1.29 is 9.53 Å². The van der Waals surface area contributed by atoms with Gasteiger partial charge in [-0.2, -0.15) is 0 Å². The molecule has 3 rings (SSSR count). The third kappa shape index (κ3) is 3.05. The molecule has 1 aliphatic heterocycles. The molecule has 1 spiro atoms. The van der Waals surface area contributed by atoms with Gasteiger partial charge in [0.05, 0.1) is 6.10 Å². The lowest BCUT2D eigenvalue weighted by Gasteiger charge is -2.59. The van der Waals surface area contributed by atoms with Gasteiger partial charge in [-0.05, 0) is 39.0 Å². The fourth-order valence-electron chi connectivity index (χ4n) is 4.94. The van der Waals surface area contributed by atoms with Gasteiger partial charge in [-0.1, -0.05) is 19.3 Å². The number of carbonyl (C=O) groups excluding carboxylic acids is 1. The standard InChI is InChI=1S/C18H32N2O2/c1-3-22-17-13-16(18(17)9-5-4-6-10-18)19-15-7-11-20(12-8-15)14(2)21/h15-17,19H,3-13H2,1-2H3. The Labute approximate surface area is 135 Å². The Kier molecular flexibility index (Phi) is 5.08. The van der Waals surface area contributed by atoms with Gasteiger partial charge in [0.15, 0.2) is 0 Å². The van der Waals surface area contributed by atoms with E-state index in [0.29, 0.717) is 23.6 Å². The monoisotopic (exact) mass is 308 g/mol. The maximum atomic E-state index is 11.4. The average molecular weight is 308 g/mol. The van der Waals surface area contributed by atoms with Gasteiger partial charge >= 0.3 is 0 Å². The average Bonchev–Trinajstić information content (AvgIpc) is 2.55. The van der Waals surface area contributed by atoms with Crippen LogP contribution in [-0.4, -0.2) is 48.7 Å². The highest BCUT2D eigenvalue weighted by Gasteiger charge is 2.55. The summed E-state index contributed by atoms with van der Waals surface area (Å²) in [5, 5.41) is 3.95. The summed E-state index contributed by atoms with van der Waals surface area (Å²) in [4.78, 5) is 13.4. The summed E-state index contributed by atoms with van der Waals surface area (Å²) < 4.78 is 6.05. The van der Waals surface area contributed by atoms with E-state index in [2.05, 4.69) is 12.2 Å². The molecule has 2 aliphatic carbocycles.